The molecule has 0 saturated carbocycles. The Kier molecular flexibility index (Phi) is 6.11. The Bertz CT molecular complexity index is 903. The Morgan fingerprint density at radius 3 is 2.70 bits per heavy atom. The minimum Gasteiger partial charge on any atom is -0.491 e. The maximum atomic E-state index is 12.5. The number of nitrogens with zero attached hydrogens (tertiary/aromatic N) is 1. The van der Waals surface area contributed by atoms with Crippen molar-refractivity contribution in [2.45, 2.75) is 26.7 Å². The maximum Gasteiger partial charge on any atom is 0.293 e. The number of hydrogen-bond acceptors (Lipinski definition) is 5. The van der Waals surface area contributed by atoms with E-state index in [1.807, 2.05) is 13.0 Å². The summed E-state index contributed by atoms with van der Waals surface area (Å²) in [6, 6.07) is 9.55. The molecule has 0 N–H and O–H groups in total. The molecular formula is C20H20BrNO4S. The lowest BCUT2D eigenvalue weighted by Crippen LogP contribution is -2.32. The van der Waals surface area contributed by atoms with E-state index in [-0.39, 0.29) is 24.3 Å². The zero-order valence-corrected chi connectivity index (χ0v) is 17.7. The van der Waals surface area contributed by atoms with E-state index < -0.39 is 0 Å². The molecule has 0 aliphatic carbocycles. The summed E-state index contributed by atoms with van der Waals surface area (Å²) in [4.78, 5) is 26.3. The highest BCUT2D eigenvalue weighted by molar-refractivity contribution is 9.10. The van der Waals surface area contributed by atoms with Crippen molar-refractivity contribution in [1.29, 1.82) is 0 Å². The van der Waals surface area contributed by atoms with Gasteiger partial charge in [-0.2, -0.15) is 0 Å². The van der Waals surface area contributed by atoms with Gasteiger partial charge in [0.25, 0.3) is 11.1 Å². The highest BCUT2D eigenvalue weighted by Gasteiger charge is 2.35. The number of thioether (sulfide) groups is 1. The summed E-state index contributed by atoms with van der Waals surface area (Å²) in [6.45, 7) is 6.67. The fraction of sp³-hybridized carbons (Fsp3) is 0.300. The van der Waals surface area contributed by atoms with E-state index in [9.17, 15) is 9.59 Å². The van der Waals surface area contributed by atoms with Gasteiger partial charge < -0.3 is 9.15 Å². The van der Waals surface area contributed by atoms with Gasteiger partial charge in [0.05, 0.1) is 11.4 Å². The van der Waals surface area contributed by atoms with E-state index in [0.717, 1.165) is 28.6 Å². The average Bonchev–Trinajstić information content (AvgIpc) is 3.12. The molecule has 2 aromatic rings. The average molecular weight is 450 g/mol. The number of imide groups is 1. The number of rotatable bonds is 6. The van der Waals surface area contributed by atoms with Crippen molar-refractivity contribution in [2.24, 2.45) is 0 Å². The minimum absolute atomic E-state index is 0.204. The molecule has 1 saturated heterocycles. The largest absolute Gasteiger partial charge is 0.491 e. The monoisotopic (exact) mass is 449 g/mol. The number of carbonyl (C=O) groups is 2. The van der Waals surface area contributed by atoms with Crippen molar-refractivity contribution in [1.82, 2.24) is 4.90 Å². The smallest absolute Gasteiger partial charge is 0.293 e. The zero-order valence-electron chi connectivity index (χ0n) is 15.3. The predicted molar refractivity (Wildman–Crippen MR) is 110 cm³/mol. The Morgan fingerprint density at radius 2 is 2.04 bits per heavy atom. The number of benzene rings is 1. The standard InChI is InChI=1S/C20H20BrNO4S/c1-12(2)15-6-4-13(3)10-16(15)25-9-8-22-19(23)17(27-20(22)24)11-14-5-7-18(21)26-14/h4-7,10-12H,8-9H2,1-3H3/b17-11-. The van der Waals surface area contributed by atoms with Gasteiger partial charge in [0.15, 0.2) is 4.67 Å². The van der Waals surface area contributed by atoms with Crippen LogP contribution in [0.15, 0.2) is 44.3 Å². The van der Waals surface area contributed by atoms with Crippen LogP contribution in [0.5, 0.6) is 5.75 Å². The van der Waals surface area contributed by atoms with E-state index in [2.05, 4.69) is 41.9 Å². The second-order valence-corrected chi connectivity index (χ2v) is 8.29. The van der Waals surface area contributed by atoms with Gasteiger partial charge in [-0.15, -0.1) is 0 Å². The topological polar surface area (TPSA) is 59.8 Å². The Balaban J connectivity index is 1.65. The number of halogens is 1. The fourth-order valence-corrected chi connectivity index (χ4v) is 3.88. The van der Waals surface area contributed by atoms with Crippen LogP contribution in [0.1, 0.15) is 36.7 Å². The third kappa shape index (κ3) is 4.65. The predicted octanol–water partition coefficient (Wildman–Crippen LogP) is 5.59. The van der Waals surface area contributed by atoms with Gasteiger partial charge >= 0.3 is 0 Å². The number of amides is 2. The van der Waals surface area contributed by atoms with Gasteiger partial charge in [0.1, 0.15) is 18.1 Å². The Labute approximate surface area is 170 Å². The number of aryl methyl sites for hydroxylation is 1. The van der Waals surface area contributed by atoms with E-state index in [4.69, 9.17) is 9.15 Å². The molecule has 1 fully saturated rings. The lowest BCUT2D eigenvalue weighted by molar-refractivity contribution is -0.123. The molecule has 0 spiro atoms. The van der Waals surface area contributed by atoms with Gasteiger partial charge in [0, 0.05) is 6.08 Å². The van der Waals surface area contributed by atoms with Crippen molar-refractivity contribution in [2.75, 3.05) is 13.2 Å². The number of hydrogen-bond donors (Lipinski definition) is 0. The summed E-state index contributed by atoms with van der Waals surface area (Å²) in [6.07, 6.45) is 1.58. The van der Waals surface area contributed by atoms with E-state index >= 15 is 0 Å². The number of furan rings is 1. The summed E-state index contributed by atoms with van der Waals surface area (Å²) >= 11 is 4.13. The highest BCUT2D eigenvalue weighted by atomic mass is 79.9. The van der Waals surface area contributed by atoms with Gasteiger partial charge in [-0.3, -0.25) is 14.5 Å². The first-order valence-corrected chi connectivity index (χ1v) is 10.2. The highest BCUT2D eigenvalue weighted by Crippen LogP contribution is 2.33. The molecule has 5 nitrogen and oxygen atoms in total. The van der Waals surface area contributed by atoms with Crippen molar-refractivity contribution in [3.8, 4) is 5.75 Å². The van der Waals surface area contributed by atoms with Crippen molar-refractivity contribution >= 4 is 44.9 Å². The quantitative estimate of drug-likeness (QED) is 0.537. The van der Waals surface area contributed by atoms with Crippen molar-refractivity contribution in [3.63, 3.8) is 0 Å². The SMILES string of the molecule is Cc1ccc(C(C)C)c(OCCN2C(=O)S/C(=C\c3ccc(Br)o3)C2=O)c1. The summed E-state index contributed by atoms with van der Waals surface area (Å²) in [5.41, 5.74) is 2.21. The van der Waals surface area contributed by atoms with Crippen LogP contribution < -0.4 is 4.74 Å². The Hall–Kier alpha value is -1.99. The molecule has 2 amide bonds. The van der Waals surface area contributed by atoms with Gasteiger partial charge in [-0.25, -0.2) is 0 Å². The number of ether oxygens (including phenoxy) is 1. The summed E-state index contributed by atoms with van der Waals surface area (Å²) in [5.74, 6) is 1.32. The lowest BCUT2D eigenvalue weighted by atomic mass is 10.0. The molecular weight excluding hydrogens is 430 g/mol. The van der Waals surface area contributed by atoms with Crippen LogP contribution in [0.25, 0.3) is 6.08 Å². The van der Waals surface area contributed by atoms with Gasteiger partial charge in [-0.05, 0) is 69.9 Å². The van der Waals surface area contributed by atoms with Crippen LogP contribution in [0.4, 0.5) is 4.79 Å². The van der Waals surface area contributed by atoms with E-state index in [1.165, 1.54) is 4.90 Å². The molecule has 0 unspecified atom stereocenters. The minimum atomic E-state index is -0.325. The van der Waals surface area contributed by atoms with Crippen molar-refractivity contribution < 1.29 is 18.7 Å². The van der Waals surface area contributed by atoms with Gasteiger partial charge in [-0.1, -0.05) is 26.0 Å². The second kappa shape index (κ2) is 8.35. The van der Waals surface area contributed by atoms with Crippen LogP contribution in [-0.2, 0) is 4.79 Å². The summed E-state index contributed by atoms with van der Waals surface area (Å²) in [5, 5.41) is -0.297. The van der Waals surface area contributed by atoms with E-state index in [1.54, 1.807) is 18.2 Å². The van der Waals surface area contributed by atoms with E-state index in [0.29, 0.717) is 21.3 Å². The first-order valence-electron chi connectivity index (χ1n) is 8.59. The fourth-order valence-electron chi connectivity index (χ4n) is 2.72. The maximum absolute atomic E-state index is 12.5. The van der Waals surface area contributed by atoms with Crippen LogP contribution in [0, 0.1) is 6.92 Å². The van der Waals surface area contributed by atoms with Crippen molar-refractivity contribution in [3.05, 3.63) is 56.8 Å². The van der Waals surface area contributed by atoms with Crippen LogP contribution >= 0.6 is 27.7 Å². The molecule has 1 aromatic heterocycles. The third-order valence-electron chi connectivity index (χ3n) is 4.10. The second-order valence-electron chi connectivity index (χ2n) is 6.52. The normalized spacial score (nSPS) is 16.0. The molecule has 27 heavy (non-hydrogen) atoms. The molecule has 0 radical (unpaired) electrons. The lowest BCUT2D eigenvalue weighted by Gasteiger charge is -2.17. The molecule has 3 rings (SSSR count). The van der Waals surface area contributed by atoms with Crippen LogP contribution in [-0.4, -0.2) is 29.2 Å². The molecule has 2 heterocycles. The number of carbonyl (C=O) groups excluding carboxylic acids is 2. The molecule has 1 aliphatic rings. The third-order valence-corrected chi connectivity index (χ3v) is 5.44. The van der Waals surface area contributed by atoms with Gasteiger partial charge in [0.2, 0.25) is 0 Å². The molecule has 1 aliphatic heterocycles. The molecule has 0 bridgehead atoms. The Morgan fingerprint density at radius 1 is 1.26 bits per heavy atom. The zero-order chi connectivity index (χ0) is 19.6. The van der Waals surface area contributed by atoms with Crippen LogP contribution in [0.2, 0.25) is 0 Å². The molecule has 142 valence electrons. The summed E-state index contributed by atoms with van der Waals surface area (Å²) in [7, 11) is 0. The molecule has 7 heteroatoms. The first-order chi connectivity index (χ1) is 12.8. The first kappa shape index (κ1) is 19.8. The molecule has 0 atom stereocenters. The van der Waals surface area contributed by atoms with Crippen LogP contribution in [0.3, 0.4) is 0 Å². The molecule has 1 aromatic carbocycles. The summed E-state index contributed by atoms with van der Waals surface area (Å²) < 4.78 is 11.8.